The van der Waals surface area contributed by atoms with Crippen molar-refractivity contribution in [3.05, 3.63) is 47.0 Å². The number of alkyl halides is 3. The molecule has 0 aromatic carbocycles. The summed E-state index contributed by atoms with van der Waals surface area (Å²) in [4.78, 5) is 27.8. The molecule has 1 aliphatic carbocycles. The number of aromatic nitrogens is 2. The number of nitrogens with one attached hydrogen (secondary N) is 2. The second-order valence-corrected chi connectivity index (χ2v) is 13.1. The zero-order chi connectivity index (χ0) is 26.5. The molecule has 1 amide bonds. The summed E-state index contributed by atoms with van der Waals surface area (Å²) in [6, 6.07) is 1.02. The number of hydrogen-bond donors (Lipinski definition) is 2. The van der Waals surface area contributed by atoms with Crippen molar-refractivity contribution in [3.8, 4) is 0 Å². The van der Waals surface area contributed by atoms with E-state index in [0.29, 0.717) is 17.0 Å². The summed E-state index contributed by atoms with van der Waals surface area (Å²) in [7, 11) is 0. The molecule has 2 atom stereocenters. The zero-order valence-electron chi connectivity index (χ0n) is 19.4. The summed E-state index contributed by atoms with van der Waals surface area (Å²) < 4.78 is 49.2. The van der Waals surface area contributed by atoms with E-state index in [9.17, 15) is 22.8 Å². The third-order valence-corrected chi connectivity index (χ3v) is 10.0. The number of carbonyl (C=O) groups is 2. The largest absolute Gasteiger partial charge is 0.462 e. The molecule has 37 heavy (non-hydrogen) atoms. The summed E-state index contributed by atoms with van der Waals surface area (Å²) in [6.07, 6.45) is -1.45. The van der Waals surface area contributed by atoms with Crippen molar-refractivity contribution in [2.24, 2.45) is 0 Å². The van der Waals surface area contributed by atoms with Gasteiger partial charge in [-0.3, -0.25) is 4.79 Å². The molecule has 198 valence electrons. The monoisotopic (exact) mass is 680 g/mol. The topological polar surface area (TPSA) is 85.2 Å². The fraction of sp³-hybridized carbons (Fsp3) is 0.435. The number of aryl methyl sites for hydroxylation is 1. The van der Waals surface area contributed by atoms with Gasteiger partial charge in [0.2, 0.25) is 0 Å². The van der Waals surface area contributed by atoms with Crippen molar-refractivity contribution < 1.29 is 27.5 Å². The van der Waals surface area contributed by atoms with Crippen LogP contribution in [0.4, 0.5) is 24.0 Å². The molecule has 0 radical (unpaired) electrons. The molecule has 1 aliphatic heterocycles. The van der Waals surface area contributed by atoms with Crippen LogP contribution in [-0.2, 0) is 17.6 Å². The number of anilines is 2. The van der Waals surface area contributed by atoms with Crippen LogP contribution < -0.4 is 10.6 Å². The lowest BCUT2D eigenvalue weighted by atomic mass is 9.95. The van der Waals surface area contributed by atoms with Crippen LogP contribution in [0.15, 0.2) is 20.4 Å². The molecule has 0 bridgehead atoms. The molecule has 2 aliphatic rings. The summed E-state index contributed by atoms with van der Waals surface area (Å²) in [5.41, 5.74) is 0.993. The molecule has 3 aromatic heterocycles. The maximum absolute atomic E-state index is 14.1. The molecular weight excluding hydrogens is 661 g/mol. The minimum atomic E-state index is -4.58. The van der Waals surface area contributed by atoms with E-state index in [0.717, 1.165) is 43.0 Å². The highest BCUT2D eigenvalue weighted by Crippen LogP contribution is 2.48. The van der Waals surface area contributed by atoms with E-state index < -0.39 is 30.1 Å². The van der Waals surface area contributed by atoms with Crippen LogP contribution in [0, 0.1) is 0 Å². The van der Waals surface area contributed by atoms with Gasteiger partial charge in [0.1, 0.15) is 10.8 Å². The third-order valence-electron chi connectivity index (χ3n) is 6.33. The first-order valence-electron chi connectivity index (χ1n) is 11.6. The van der Waals surface area contributed by atoms with Crippen molar-refractivity contribution >= 4 is 77.2 Å². The molecule has 5 rings (SSSR count). The molecule has 3 aromatic rings. The molecule has 2 N–H and O–H groups in total. The van der Waals surface area contributed by atoms with E-state index in [1.54, 1.807) is 19.1 Å². The minimum Gasteiger partial charge on any atom is -0.462 e. The van der Waals surface area contributed by atoms with Gasteiger partial charge in [-0.1, -0.05) is 0 Å². The van der Waals surface area contributed by atoms with Crippen molar-refractivity contribution in [1.29, 1.82) is 0 Å². The van der Waals surface area contributed by atoms with Crippen molar-refractivity contribution in [1.82, 2.24) is 9.78 Å². The molecule has 0 fully saturated rings. The van der Waals surface area contributed by atoms with Crippen LogP contribution >= 0.6 is 54.5 Å². The number of amides is 1. The quantitative estimate of drug-likeness (QED) is 0.273. The lowest BCUT2D eigenvalue weighted by Gasteiger charge is -2.33. The molecule has 14 heteroatoms. The first-order valence-corrected chi connectivity index (χ1v) is 14.8. The maximum atomic E-state index is 14.1. The number of rotatable bonds is 5. The molecule has 0 unspecified atom stereocenters. The van der Waals surface area contributed by atoms with Gasteiger partial charge < -0.3 is 15.4 Å². The van der Waals surface area contributed by atoms with E-state index in [1.807, 2.05) is 0 Å². The van der Waals surface area contributed by atoms with Crippen molar-refractivity contribution in [2.75, 3.05) is 17.2 Å². The van der Waals surface area contributed by atoms with Gasteiger partial charge >= 0.3 is 12.1 Å². The molecule has 7 nitrogen and oxygen atoms in total. The normalized spacial score (nSPS) is 19.1. The van der Waals surface area contributed by atoms with Crippen LogP contribution in [0.2, 0.25) is 0 Å². The van der Waals surface area contributed by atoms with Crippen molar-refractivity contribution in [3.63, 3.8) is 0 Å². The fourth-order valence-electron chi connectivity index (χ4n) is 4.67. The third kappa shape index (κ3) is 5.09. The number of nitrogens with zero attached hydrogens (tertiary/aromatic N) is 2. The number of carbonyl (C=O) groups excluding carboxylic acids is 2. The van der Waals surface area contributed by atoms with Gasteiger partial charge in [-0.25, -0.2) is 9.48 Å². The van der Waals surface area contributed by atoms with Crippen LogP contribution in [-0.4, -0.2) is 34.4 Å². The molecule has 0 spiro atoms. The summed E-state index contributed by atoms with van der Waals surface area (Å²) in [5, 5.41) is 10.3. The van der Waals surface area contributed by atoms with Gasteiger partial charge in [-0.2, -0.15) is 18.3 Å². The predicted molar refractivity (Wildman–Crippen MR) is 143 cm³/mol. The van der Waals surface area contributed by atoms with E-state index in [1.165, 1.54) is 22.7 Å². The van der Waals surface area contributed by atoms with E-state index in [-0.39, 0.29) is 29.0 Å². The SMILES string of the molecule is CCOC(=O)c1c(NC(=O)c2nn3c(c2Br)N[C@H](c2ccc(Br)s2)C[C@H]3C(F)(F)F)sc2c1CCCC2. The van der Waals surface area contributed by atoms with Gasteiger partial charge in [-0.05, 0) is 82.2 Å². The van der Waals surface area contributed by atoms with Gasteiger partial charge in [0.05, 0.1) is 26.5 Å². The van der Waals surface area contributed by atoms with Crippen LogP contribution in [0.25, 0.3) is 0 Å². The Bertz CT molecular complexity index is 1370. The standard InChI is InChI=1S/C23H21Br2F3N4O3S2/c1-2-35-22(34)16-10-5-3-4-6-12(10)37-21(16)30-20(33)18-17(25)19-29-11(13-7-8-15(24)36-13)9-14(23(26,27)28)32(19)31-18/h7-8,11,14,29H,2-6,9H2,1H3,(H,30,33)/t11-,14-/m0/s1. The summed E-state index contributed by atoms with van der Waals surface area (Å²) in [6.45, 7) is 1.89. The smallest absolute Gasteiger partial charge is 0.410 e. The lowest BCUT2D eigenvalue weighted by Crippen LogP contribution is -2.35. The maximum Gasteiger partial charge on any atom is 0.410 e. The Kier molecular flexibility index (Phi) is 7.46. The number of esters is 1. The molecule has 0 saturated carbocycles. The molecule has 0 saturated heterocycles. The zero-order valence-corrected chi connectivity index (χ0v) is 24.2. The Morgan fingerprint density at radius 1 is 1.24 bits per heavy atom. The number of hydrogen-bond acceptors (Lipinski definition) is 7. The van der Waals surface area contributed by atoms with E-state index in [2.05, 4.69) is 47.6 Å². The number of ether oxygens (including phenoxy) is 1. The second-order valence-electron chi connectivity index (χ2n) is 8.68. The highest BCUT2D eigenvalue weighted by Gasteiger charge is 2.48. The average molecular weight is 682 g/mol. The predicted octanol–water partition coefficient (Wildman–Crippen LogP) is 7.50. The summed E-state index contributed by atoms with van der Waals surface area (Å²) in [5.74, 6) is -1.16. The van der Waals surface area contributed by atoms with Gasteiger partial charge in [0.15, 0.2) is 11.7 Å². The van der Waals surface area contributed by atoms with Gasteiger partial charge in [-0.15, -0.1) is 22.7 Å². The number of thiophene rings is 2. The van der Waals surface area contributed by atoms with Crippen molar-refractivity contribution in [2.45, 2.75) is 57.3 Å². The van der Waals surface area contributed by atoms with E-state index in [4.69, 9.17) is 4.74 Å². The molecular formula is C23H21Br2F3N4O3S2. The number of fused-ring (bicyclic) bond motifs is 2. The van der Waals surface area contributed by atoms with Crippen LogP contribution in [0.1, 0.15) is 74.4 Å². The Labute approximate surface area is 235 Å². The van der Waals surface area contributed by atoms with Crippen LogP contribution in [0.3, 0.4) is 0 Å². The Balaban J connectivity index is 1.50. The lowest BCUT2D eigenvalue weighted by molar-refractivity contribution is -0.173. The first kappa shape index (κ1) is 26.7. The Hall–Kier alpha value is -1.90. The highest BCUT2D eigenvalue weighted by molar-refractivity contribution is 9.11. The summed E-state index contributed by atoms with van der Waals surface area (Å²) >= 11 is 9.32. The van der Waals surface area contributed by atoms with Crippen LogP contribution in [0.5, 0.6) is 0 Å². The average Bonchev–Trinajstić information content (AvgIpc) is 3.53. The Morgan fingerprint density at radius 2 is 2.00 bits per heavy atom. The minimum absolute atomic E-state index is 0.0735. The second kappa shape index (κ2) is 10.3. The van der Waals surface area contributed by atoms with E-state index >= 15 is 0 Å². The van der Waals surface area contributed by atoms with Gasteiger partial charge in [0.25, 0.3) is 5.91 Å². The molecule has 4 heterocycles. The Morgan fingerprint density at radius 3 is 2.68 bits per heavy atom. The highest BCUT2D eigenvalue weighted by atomic mass is 79.9. The number of halogens is 5. The first-order chi connectivity index (χ1) is 17.6. The fourth-order valence-corrected chi connectivity index (χ4v) is 7.99. The van der Waals surface area contributed by atoms with Gasteiger partial charge in [0, 0.05) is 16.2 Å².